The van der Waals surface area contributed by atoms with Crippen molar-refractivity contribution < 1.29 is 9.53 Å². The molecule has 20 heavy (non-hydrogen) atoms. The summed E-state index contributed by atoms with van der Waals surface area (Å²) in [5.41, 5.74) is 0. The molecule has 7 heteroatoms. The van der Waals surface area contributed by atoms with Crippen LogP contribution in [0.5, 0.6) is 0 Å². The predicted octanol–water partition coefficient (Wildman–Crippen LogP) is 0.809. The lowest BCUT2D eigenvalue weighted by atomic mass is 10.2. The van der Waals surface area contributed by atoms with Crippen LogP contribution in [-0.4, -0.2) is 62.3 Å². The smallest absolute Gasteiger partial charge is 0.222 e. The summed E-state index contributed by atoms with van der Waals surface area (Å²) in [5, 5.41) is 6.22. The van der Waals surface area contributed by atoms with E-state index in [2.05, 4.69) is 22.5 Å². The van der Waals surface area contributed by atoms with Crippen LogP contribution in [0.4, 0.5) is 0 Å². The van der Waals surface area contributed by atoms with Gasteiger partial charge in [0, 0.05) is 32.2 Å². The van der Waals surface area contributed by atoms with Gasteiger partial charge in [-0.15, -0.1) is 24.8 Å². The molecule has 2 N–H and O–H groups in total. The fourth-order valence-electron chi connectivity index (χ4n) is 2.41. The molecule has 1 aliphatic heterocycles. The van der Waals surface area contributed by atoms with Crippen LogP contribution in [0.15, 0.2) is 0 Å². The third-order valence-electron chi connectivity index (χ3n) is 3.61. The molecule has 120 valence electrons. The Kier molecular flexibility index (Phi) is 10.6. The van der Waals surface area contributed by atoms with E-state index in [0.29, 0.717) is 13.0 Å². The number of nitrogens with one attached hydrogen (secondary N) is 2. The van der Waals surface area contributed by atoms with Gasteiger partial charge in [-0.1, -0.05) is 6.92 Å². The second-order valence-corrected chi connectivity index (χ2v) is 5.11. The first-order valence-corrected chi connectivity index (χ1v) is 7.12. The first-order chi connectivity index (χ1) is 8.79. The van der Waals surface area contributed by atoms with E-state index in [1.54, 1.807) is 0 Å². The van der Waals surface area contributed by atoms with Crippen LogP contribution in [0.25, 0.3) is 0 Å². The Labute approximate surface area is 134 Å². The molecule has 1 aliphatic carbocycles. The standard InChI is InChI=1S/C13H25N3O2.2ClH/c1-2-16(11-3-4-11)7-5-15-13(17)9-12-10-14-6-8-18-12;;/h11-12,14H,2-10H2,1H3,(H,15,17);2*1H. The van der Waals surface area contributed by atoms with Gasteiger partial charge in [0.25, 0.3) is 0 Å². The van der Waals surface area contributed by atoms with E-state index < -0.39 is 0 Å². The summed E-state index contributed by atoms with van der Waals surface area (Å²) in [7, 11) is 0. The van der Waals surface area contributed by atoms with Gasteiger partial charge in [-0.2, -0.15) is 0 Å². The van der Waals surface area contributed by atoms with E-state index in [1.165, 1.54) is 12.8 Å². The molecule has 1 heterocycles. The minimum absolute atomic E-state index is 0. The molecule has 0 bridgehead atoms. The maximum atomic E-state index is 11.7. The van der Waals surface area contributed by atoms with Crippen molar-refractivity contribution in [3.05, 3.63) is 0 Å². The summed E-state index contributed by atoms with van der Waals surface area (Å²) in [6.45, 7) is 7.38. The highest BCUT2D eigenvalue weighted by Gasteiger charge is 2.27. The topological polar surface area (TPSA) is 53.6 Å². The molecule has 1 atom stereocenters. The molecular weight excluding hydrogens is 301 g/mol. The predicted molar refractivity (Wildman–Crippen MR) is 85.0 cm³/mol. The first-order valence-electron chi connectivity index (χ1n) is 7.12. The average Bonchev–Trinajstić information content (AvgIpc) is 3.20. The summed E-state index contributed by atoms with van der Waals surface area (Å²) in [4.78, 5) is 14.2. The van der Waals surface area contributed by atoms with E-state index in [9.17, 15) is 4.79 Å². The van der Waals surface area contributed by atoms with E-state index in [1.807, 2.05) is 0 Å². The molecule has 2 aliphatic rings. The van der Waals surface area contributed by atoms with Gasteiger partial charge in [0.15, 0.2) is 0 Å². The van der Waals surface area contributed by atoms with Gasteiger partial charge in [0.2, 0.25) is 5.91 Å². The number of nitrogens with zero attached hydrogens (tertiary/aromatic N) is 1. The SMILES string of the molecule is CCN(CCNC(=O)CC1CNCCO1)C1CC1.Cl.Cl. The van der Waals surface area contributed by atoms with Crippen molar-refractivity contribution in [3.63, 3.8) is 0 Å². The molecule has 1 saturated heterocycles. The van der Waals surface area contributed by atoms with Gasteiger partial charge in [-0.25, -0.2) is 0 Å². The largest absolute Gasteiger partial charge is 0.375 e. The molecule has 5 nitrogen and oxygen atoms in total. The lowest BCUT2D eigenvalue weighted by Crippen LogP contribution is -2.42. The van der Waals surface area contributed by atoms with Gasteiger partial charge in [-0.3, -0.25) is 9.69 Å². The van der Waals surface area contributed by atoms with Crippen LogP contribution in [0.1, 0.15) is 26.2 Å². The molecule has 1 unspecified atom stereocenters. The van der Waals surface area contributed by atoms with Crippen LogP contribution < -0.4 is 10.6 Å². The molecule has 0 spiro atoms. The van der Waals surface area contributed by atoms with Gasteiger partial charge in [0.1, 0.15) is 0 Å². The molecule has 0 aromatic rings. The van der Waals surface area contributed by atoms with Crippen LogP contribution >= 0.6 is 24.8 Å². The second-order valence-electron chi connectivity index (χ2n) is 5.11. The maximum absolute atomic E-state index is 11.7. The zero-order valence-electron chi connectivity index (χ0n) is 12.1. The van der Waals surface area contributed by atoms with E-state index in [4.69, 9.17) is 4.74 Å². The number of carbonyl (C=O) groups excluding carboxylic acids is 1. The zero-order valence-corrected chi connectivity index (χ0v) is 13.7. The Morgan fingerprint density at radius 2 is 2.15 bits per heavy atom. The Bertz CT molecular complexity index is 272. The van der Waals surface area contributed by atoms with Gasteiger partial charge >= 0.3 is 0 Å². The molecule has 1 amide bonds. The van der Waals surface area contributed by atoms with Crippen molar-refractivity contribution in [1.82, 2.24) is 15.5 Å². The number of halogens is 2. The molecule has 1 saturated carbocycles. The fourth-order valence-corrected chi connectivity index (χ4v) is 2.41. The summed E-state index contributed by atoms with van der Waals surface area (Å²) < 4.78 is 5.51. The van der Waals surface area contributed by atoms with E-state index in [0.717, 1.165) is 38.8 Å². The lowest BCUT2D eigenvalue weighted by molar-refractivity contribution is -0.124. The van der Waals surface area contributed by atoms with Crippen molar-refractivity contribution in [2.45, 2.75) is 38.3 Å². The molecule has 0 aromatic heterocycles. The highest BCUT2D eigenvalue weighted by molar-refractivity contribution is 5.85. The monoisotopic (exact) mass is 327 g/mol. The van der Waals surface area contributed by atoms with E-state index in [-0.39, 0.29) is 36.8 Å². The minimum Gasteiger partial charge on any atom is -0.375 e. The molecular formula is C13H27Cl2N3O2. The van der Waals surface area contributed by atoms with Crippen molar-refractivity contribution in [3.8, 4) is 0 Å². The number of rotatable bonds is 7. The Morgan fingerprint density at radius 1 is 1.40 bits per heavy atom. The van der Waals surface area contributed by atoms with Gasteiger partial charge in [0.05, 0.1) is 19.1 Å². The summed E-state index contributed by atoms with van der Waals surface area (Å²) in [6.07, 6.45) is 3.17. The number of carbonyl (C=O) groups is 1. The molecule has 2 fully saturated rings. The number of hydrogen-bond donors (Lipinski definition) is 2. The van der Waals surface area contributed by atoms with Crippen LogP contribution in [0, 0.1) is 0 Å². The third-order valence-corrected chi connectivity index (χ3v) is 3.61. The summed E-state index contributed by atoms with van der Waals surface area (Å²) in [6, 6.07) is 0.776. The number of likely N-dealkylation sites (N-methyl/N-ethyl adjacent to an activating group) is 1. The minimum atomic E-state index is 0. The lowest BCUT2D eigenvalue weighted by Gasteiger charge is -2.23. The normalized spacial score (nSPS) is 21.8. The number of hydrogen-bond acceptors (Lipinski definition) is 4. The Balaban J connectivity index is 0.00000180. The first kappa shape index (κ1) is 19.9. The quantitative estimate of drug-likeness (QED) is 0.726. The second kappa shape index (κ2) is 10.6. The fraction of sp³-hybridized carbons (Fsp3) is 0.923. The van der Waals surface area contributed by atoms with Crippen molar-refractivity contribution >= 4 is 30.7 Å². The highest BCUT2D eigenvalue weighted by atomic mass is 35.5. The number of amides is 1. The molecule has 0 aromatic carbocycles. The highest BCUT2D eigenvalue weighted by Crippen LogP contribution is 2.25. The van der Waals surface area contributed by atoms with E-state index >= 15 is 0 Å². The summed E-state index contributed by atoms with van der Waals surface area (Å²) >= 11 is 0. The molecule has 2 rings (SSSR count). The number of ether oxygens (including phenoxy) is 1. The van der Waals surface area contributed by atoms with Gasteiger partial charge in [-0.05, 0) is 19.4 Å². The third kappa shape index (κ3) is 7.09. The van der Waals surface area contributed by atoms with Gasteiger partial charge < -0.3 is 15.4 Å². The maximum Gasteiger partial charge on any atom is 0.222 e. The molecule has 0 radical (unpaired) electrons. The number of morpholine rings is 1. The van der Waals surface area contributed by atoms with Crippen molar-refractivity contribution in [1.29, 1.82) is 0 Å². The van der Waals surface area contributed by atoms with Crippen LogP contribution in [-0.2, 0) is 9.53 Å². The van der Waals surface area contributed by atoms with Crippen molar-refractivity contribution in [2.24, 2.45) is 0 Å². The van der Waals surface area contributed by atoms with Crippen LogP contribution in [0.3, 0.4) is 0 Å². The summed E-state index contributed by atoms with van der Waals surface area (Å²) in [5.74, 6) is 0.107. The average molecular weight is 328 g/mol. The van der Waals surface area contributed by atoms with Crippen molar-refractivity contribution in [2.75, 3.05) is 39.3 Å². The Morgan fingerprint density at radius 3 is 2.70 bits per heavy atom. The Hall–Kier alpha value is -0.0700. The van der Waals surface area contributed by atoms with Crippen LogP contribution in [0.2, 0.25) is 0 Å². The zero-order chi connectivity index (χ0) is 12.8.